The third kappa shape index (κ3) is 6.09. The van der Waals surface area contributed by atoms with Gasteiger partial charge in [-0.05, 0) is 61.0 Å². The van der Waals surface area contributed by atoms with E-state index in [-0.39, 0.29) is 42.7 Å². The number of benzene rings is 3. The Labute approximate surface area is 249 Å². The number of para-hydroxylation sites is 1. The number of likely N-dealkylation sites (N-methyl/N-ethyl adjacent to an activating group) is 1. The summed E-state index contributed by atoms with van der Waals surface area (Å²) in [5, 5.41) is 17.4. The zero-order chi connectivity index (χ0) is 31.5. The number of carbonyl (C=O) groups is 3. The van der Waals surface area contributed by atoms with Crippen LogP contribution < -0.4 is 20.9 Å². The molecule has 44 heavy (non-hydrogen) atoms. The molecule has 0 aliphatic carbocycles. The molecule has 2 heterocycles. The Balaban J connectivity index is 1.61. The van der Waals surface area contributed by atoms with Gasteiger partial charge in [-0.25, -0.2) is 32.6 Å². The average molecular weight is 606 g/mol. The maximum atomic E-state index is 15.0. The van der Waals surface area contributed by atoms with Gasteiger partial charge in [-0.2, -0.15) is 4.98 Å². The van der Waals surface area contributed by atoms with Crippen LogP contribution in [0, 0.1) is 24.4 Å². The summed E-state index contributed by atoms with van der Waals surface area (Å²) in [7, 11) is 1.38. The van der Waals surface area contributed by atoms with Gasteiger partial charge < -0.3 is 26.0 Å². The Hall–Kier alpha value is -5.66. The number of nitrogens with zero attached hydrogens (tertiary/aromatic N) is 4. The van der Waals surface area contributed by atoms with Crippen molar-refractivity contribution in [3.05, 3.63) is 94.8 Å². The monoisotopic (exact) mass is 605 g/mol. The normalized spacial score (nSPS) is 12.3. The summed E-state index contributed by atoms with van der Waals surface area (Å²) in [5.41, 5.74) is 1.70. The summed E-state index contributed by atoms with van der Waals surface area (Å²) < 4.78 is 43.2. The number of amides is 4. The number of anilines is 4. The molecular formula is C30H26F3N7O4. The van der Waals surface area contributed by atoms with Crippen LogP contribution in [0.4, 0.5) is 45.9 Å². The lowest BCUT2D eigenvalue weighted by molar-refractivity contribution is 0.102. The molecule has 0 spiro atoms. The highest BCUT2D eigenvalue weighted by atomic mass is 19.1. The van der Waals surface area contributed by atoms with E-state index >= 15 is 0 Å². The molecule has 0 atom stereocenters. The van der Waals surface area contributed by atoms with Gasteiger partial charge in [0.2, 0.25) is 5.95 Å². The number of aryl methyl sites for hydroxylation is 1. The van der Waals surface area contributed by atoms with Crippen molar-refractivity contribution < 1.29 is 32.7 Å². The van der Waals surface area contributed by atoms with Gasteiger partial charge in [0.25, 0.3) is 5.91 Å². The van der Waals surface area contributed by atoms with Crippen LogP contribution >= 0.6 is 0 Å². The number of carboxylic acid groups (broad SMARTS) is 1. The summed E-state index contributed by atoms with van der Waals surface area (Å²) in [6, 6.07) is 12.5. The Morgan fingerprint density at radius 1 is 1.05 bits per heavy atom. The zero-order valence-electron chi connectivity index (χ0n) is 23.5. The molecule has 1 aliphatic heterocycles. The lowest BCUT2D eigenvalue weighted by Gasteiger charge is -2.31. The van der Waals surface area contributed by atoms with Crippen LogP contribution in [0.15, 0.2) is 60.7 Å². The van der Waals surface area contributed by atoms with Crippen LogP contribution in [0.25, 0.3) is 11.3 Å². The van der Waals surface area contributed by atoms with E-state index < -0.39 is 41.2 Å². The van der Waals surface area contributed by atoms with Crippen LogP contribution in [0.3, 0.4) is 0 Å². The predicted octanol–water partition coefficient (Wildman–Crippen LogP) is 5.50. The molecule has 4 amide bonds. The number of halogens is 3. The number of carbonyl (C=O) groups excluding carboxylic acids is 2. The number of fused-ring (bicyclic) bond motifs is 1. The molecule has 1 aromatic heterocycles. The van der Waals surface area contributed by atoms with Crippen molar-refractivity contribution in [2.45, 2.75) is 13.5 Å². The van der Waals surface area contributed by atoms with Crippen molar-refractivity contribution in [1.82, 2.24) is 20.2 Å². The Kier molecular flexibility index (Phi) is 8.33. The standard InChI is InChI=1S/C30H26F3N7O4/c1-16-6-7-17(27(41)36-19-10-8-18(31)9-11-19)14-20(16)24-21-15-35-29(42)40(25-22(32)4-3-5-23(25)33)26(21)38-28(37-24)34-12-13-39(2)30(43)44/h3-11,14H,12-13,15H2,1-2H3,(H,35,42)(H,36,41)(H,43,44)(H,34,37,38). The number of hydrogen-bond acceptors (Lipinski definition) is 6. The van der Waals surface area contributed by atoms with Gasteiger partial charge in [-0.3, -0.25) is 4.79 Å². The van der Waals surface area contributed by atoms with E-state index in [1.807, 2.05) is 0 Å². The fourth-order valence-corrected chi connectivity index (χ4v) is 4.56. The van der Waals surface area contributed by atoms with Crippen molar-refractivity contribution in [3.8, 4) is 11.3 Å². The second-order valence-corrected chi connectivity index (χ2v) is 9.88. The smallest absolute Gasteiger partial charge is 0.407 e. The third-order valence-corrected chi connectivity index (χ3v) is 6.89. The van der Waals surface area contributed by atoms with Crippen LogP contribution in [0.5, 0.6) is 0 Å². The highest BCUT2D eigenvalue weighted by molar-refractivity contribution is 6.05. The first kappa shape index (κ1) is 29.8. The van der Waals surface area contributed by atoms with Gasteiger partial charge in [0.15, 0.2) is 5.82 Å². The van der Waals surface area contributed by atoms with Crippen molar-refractivity contribution in [2.75, 3.05) is 35.7 Å². The van der Waals surface area contributed by atoms with Gasteiger partial charge in [0.05, 0.1) is 12.2 Å². The molecule has 0 unspecified atom stereocenters. The molecule has 0 bridgehead atoms. The van der Waals surface area contributed by atoms with Gasteiger partial charge in [-0.1, -0.05) is 12.1 Å². The molecular weight excluding hydrogens is 579 g/mol. The number of aromatic nitrogens is 2. The number of hydrogen-bond donors (Lipinski definition) is 4. The van der Waals surface area contributed by atoms with Crippen molar-refractivity contribution in [3.63, 3.8) is 0 Å². The Bertz CT molecular complexity index is 1750. The minimum absolute atomic E-state index is 0.0467. The van der Waals surface area contributed by atoms with Crippen molar-refractivity contribution in [1.29, 1.82) is 0 Å². The summed E-state index contributed by atoms with van der Waals surface area (Å²) in [4.78, 5) is 48.2. The van der Waals surface area contributed by atoms with Crippen LogP contribution in [-0.4, -0.2) is 58.1 Å². The van der Waals surface area contributed by atoms with Gasteiger partial charge in [0.1, 0.15) is 23.1 Å². The minimum Gasteiger partial charge on any atom is -0.465 e. The summed E-state index contributed by atoms with van der Waals surface area (Å²) in [6.45, 7) is 1.80. The summed E-state index contributed by atoms with van der Waals surface area (Å²) >= 11 is 0. The lowest BCUT2D eigenvalue weighted by atomic mass is 9.97. The highest BCUT2D eigenvalue weighted by Crippen LogP contribution is 2.39. The van der Waals surface area contributed by atoms with E-state index in [4.69, 9.17) is 0 Å². The lowest BCUT2D eigenvalue weighted by Crippen LogP contribution is -2.43. The first-order valence-electron chi connectivity index (χ1n) is 13.3. The number of nitrogens with one attached hydrogen (secondary N) is 3. The zero-order valence-corrected chi connectivity index (χ0v) is 23.5. The summed E-state index contributed by atoms with van der Waals surface area (Å²) in [6.07, 6.45) is -1.15. The van der Waals surface area contributed by atoms with Crippen LogP contribution in [0.1, 0.15) is 21.5 Å². The second kappa shape index (κ2) is 12.3. The molecule has 4 aromatic rings. The van der Waals surface area contributed by atoms with Gasteiger partial charge in [-0.15, -0.1) is 0 Å². The largest absolute Gasteiger partial charge is 0.465 e. The fourth-order valence-electron chi connectivity index (χ4n) is 4.56. The SMILES string of the molecule is Cc1ccc(C(=O)Nc2ccc(F)cc2)cc1-c1nc(NCCN(C)C(=O)O)nc2c1CNC(=O)N2c1c(F)cccc1F. The fraction of sp³-hybridized carbons (Fsp3) is 0.167. The third-order valence-electron chi connectivity index (χ3n) is 6.89. The quantitative estimate of drug-likeness (QED) is 0.208. The molecule has 0 saturated carbocycles. The van der Waals surface area contributed by atoms with E-state index in [2.05, 4.69) is 25.9 Å². The van der Waals surface area contributed by atoms with Gasteiger partial charge in [0, 0.05) is 42.5 Å². The molecule has 1 aliphatic rings. The first-order valence-corrected chi connectivity index (χ1v) is 13.3. The number of rotatable bonds is 8. The molecule has 14 heteroatoms. The van der Waals surface area contributed by atoms with E-state index in [1.165, 1.54) is 37.4 Å². The maximum absolute atomic E-state index is 15.0. The maximum Gasteiger partial charge on any atom is 0.407 e. The van der Waals surface area contributed by atoms with E-state index in [0.717, 1.165) is 21.9 Å². The van der Waals surface area contributed by atoms with Crippen molar-refractivity contribution >= 4 is 41.2 Å². The Morgan fingerprint density at radius 3 is 2.43 bits per heavy atom. The van der Waals surface area contributed by atoms with Crippen LogP contribution in [0.2, 0.25) is 0 Å². The van der Waals surface area contributed by atoms with E-state index in [9.17, 15) is 32.7 Å². The van der Waals surface area contributed by atoms with Crippen LogP contribution in [-0.2, 0) is 6.54 Å². The van der Waals surface area contributed by atoms with E-state index in [0.29, 0.717) is 22.4 Å². The first-order chi connectivity index (χ1) is 21.0. The molecule has 0 radical (unpaired) electrons. The predicted molar refractivity (Wildman–Crippen MR) is 156 cm³/mol. The molecule has 0 saturated heterocycles. The highest BCUT2D eigenvalue weighted by Gasteiger charge is 2.34. The van der Waals surface area contributed by atoms with Crippen molar-refractivity contribution in [2.24, 2.45) is 0 Å². The molecule has 0 fully saturated rings. The van der Waals surface area contributed by atoms with Gasteiger partial charge >= 0.3 is 12.1 Å². The molecule has 3 aromatic carbocycles. The Morgan fingerprint density at radius 2 is 1.75 bits per heavy atom. The minimum atomic E-state index is -1.15. The molecule has 5 rings (SSSR count). The molecule has 11 nitrogen and oxygen atoms in total. The number of urea groups is 1. The average Bonchev–Trinajstić information content (AvgIpc) is 2.99. The molecule has 4 N–H and O–H groups in total. The summed E-state index contributed by atoms with van der Waals surface area (Å²) in [5.74, 6) is -3.08. The molecule has 226 valence electrons. The second-order valence-electron chi connectivity index (χ2n) is 9.88. The van der Waals surface area contributed by atoms with E-state index in [1.54, 1.807) is 25.1 Å². The topological polar surface area (TPSA) is 140 Å².